The van der Waals surface area contributed by atoms with Crippen LogP contribution in [0.5, 0.6) is 11.5 Å². The van der Waals surface area contributed by atoms with Crippen LogP contribution in [0.15, 0.2) is 36.4 Å². The minimum atomic E-state index is -0.506. The molecule has 2 aromatic carbocycles. The van der Waals surface area contributed by atoms with Crippen LogP contribution >= 0.6 is 11.6 Å². The Hall–Kier alpha value is -2.25. The van der Waals surface area contributed by atoms with Gasteiger partial charge in [-0.3, -0.25) is 0 Å². The highest BCUT2D eigenvalue weighted by molar-refractivity contribution is 6.31. The van der Waals surface area contributed by atoms with Gasteiger partial charge in [-0.25, -0.2) is 4.39 Å². The summed E-state index contributed by atoms with van der Waals surface area (Å²) in [6.45, 7) is 0.176. The van der Waals surface area contributed by atoms with Gasteiger partial charge in [-0.2, -0.15) is 5.26 Å². The molecule has 0 spiro atoms. The molecule has 0 N–H and O–H groups in total. The van der Waals surface area contributed by atoms with E-state index in [0.717, 1.165) is 5.56 Å². The number of nitriles is 1. The molecule has 0 fully saturated rings. The predicted octanol–water partition coefficient (Wildman–Crippen LogP) is 4.06. The molecule has 106 valence electrons. The fraction of sp³-hybridized carbons (Fsp3) is 0.188. The molecule has 5 heteroatoms. The summed E-state index contributed by atoms with van der Waals surface area (Å²) in [5.41, 5.74) is 1.10. The molecule has 0 amide bonds. The Balaban J connectivity index is 1.91. The largest absolute Gasteiger partial charge is 0.454 e. The maximum absolute atomic E-state index is 13.8. The molecule has 0 bridgehead atoms. The van der Waals surface area contributed by atoms with Crippen molar-refractivity contribution in [3.8, 4) is 17.6 Å². The Morgan fingerprint density at radius 3 is 2.81 bits per heavy atom. The third-order valence-corrected chi connectivity index (χ3v) is 3.78. The summed E-state index contributed by atoms with van der Waals surface area (Å²) in [7, 11) is 0. The van der Waals surface area contributed by atoms with Gasteiger partial charge in [0.2, 0.25) is 6.79 Å². The molecule has 2 aromatic rings. The van der Waals surface area contributed by atoms with Crippen LogP contribution in [0.4, 0.5) is 4.39 Å². The van der Waals surface area contributed by atoms with Crippen LogP contribution in [0.2, 0.25) is 5.02 Å². The third-order valence-electron chi connectivity index (χ3n) is 3.42. The summed E-state index contributed by atoms with van der Waals surface area (Å²) in [6, 6.07) is 12.0. The van der Waals surface area contributed by atoms with E-state index in [9.17, 15) is 9.65 Å². The van der Waals surface area contributed by atoms with E-state index in [1.807, 2.05) is 0 Å². The number of ether oxygens (including phenoxy) is 2. The van der Waals surface area contributed by atoms with Crippen molar-refractivity contribution in [3.63, 3.8) is 0 Å². The molecular weight excluding hydrogens is 293 g/mol. The van der Waals surface area contributed by atoms with Crippen molar-refractivity contribution in [2.24, 2.45) is 0 Å². The lowest BCUT2D eigenvalue weighted by atomic mass is 9.92. The Bertz CT molecular complexity index is 706. The maximum atomic E-state index is 13.8. The monoisotopic (exact) mass is 303 g/mol. The Morgan fingerprint density at radius 1 is 1.24 bits per heavy atom. The van der Waals surface area contributed by atoms with Crippen molar-refractivity contribution in [1.82, 2.24) is 0 Å². The van der Waals surface area contributed by atoms with Crippen molar-refractivity contribution in [2.75, 3.05) is 6.79 Å². The quantitative estimate of drug-likeness (QED) is 0.859. The van der Waals surface area contributed by atoms with Gasteiger partial charge in [0.1, 0.15) is 5.82 Å². The van der Waals surface area contributed by atoms with Gasteiger partial charge in [0.05, 0.1) is 12.0 Å². The smallest absolute Gasteiger partial charge is 0.231 e. The van der Waals surface area contributed by atoms with Crippen LogP contribution < -0.4 is 9.47 Å². The first kappa shape index (κ1) is 13.7. The van der Waals surface area contributed by atoms with Crippen LogP contribution in [0.25, 0.3) is 0 Å². The number of hydrogen-bond acceptors (Lipinski definition) is 3. The normalized spacial score (nSPS) is 13.8. The lowest BCUT2D eigenvalue weighted by molar-refractivity contribution is 0.174. The van der Waals surface area contributed by atoms with E-state index in [2.05, 4.69) is 6.07 Å². The standard InChI is InChI=1S/C16H11ClFNO2/c17-13-2-1-3-14(18)12(13)6-11(8-19)10-4-5-15-16(7-10)21-9-20-15/h1-5,7,11H,6,9H2. The minimum absolute atomic E-state index is 0.176. The van der Waals surface area contributed by atoms with E-state index in [1.54, 1.807) is 30.3 Å². The molecule has 1 aliphatic rings. The number of nitrogens with zero attached hydrogens (tertiary/aromatic N) is 1. The maximum Gasteiger partial charge on any atom is 0.231 e. The SMILES string of the molecule is N#CC(Cc1c(F)cccc1Cl)c1ccc2c(c1)OCO2. The summed E-state index contributed by atoms with van der Waals surface area (Å²) < 4.78 is 24.4. The molecular formula is C16H11ClFNO2. The highest BCUT2D eigenvalue weighted by atomic mass is 35.5. The van der Waals surface area contributed by atoms with E-state index in [1.165, 1.54) is 6.07 Å². The van der Waals surface area contributed by atoms with E-state index >= 15 is 0 Å². The zero-order chi connectivity index (χ0) is 14.8. The molecule has 21 heavy (non-hydrogen) atoms. The second-order valence-electron chi connectivity index (χ2n) is 4.70. The van der Waals surface area contributed by atoms with Gasteiger partial charge < -0.3 is 9.47 Å². The van der Waals surface area contributed by atoms with Crippen LogP contribution in [0, 0.1) is 17.1 Å². The first-order chi connectivity index (χ1) is 10.2. The molecule has 0 saturated carbocycles. The van der Waals surface area contributed by atoms with Gasteiger partial charge in [0.15, 0.2) is 11.5 Å². The third kappa shape index (κ3) is 2.65. The van der Waals surface area contributed by atoms with E-state index < -0.39 is 11.7 Å². The molecule has 0 aliphatic carbocycles. The fourth-order valence-electron chi connectivity index (χ4n) is 2.30. The second-order valence-corrected chi connectivity index (χ2v) is 5.11. The van der Waals surface area contributed by atoms with Crippen LogP contribution in [0.1, 0.15) is 17.0 Å². The van der Waals surface area contributed by atoms with Gasteiger partial charge >= 0.3 is 0 Å². The van der Waals surface area contributed by atoms with Crippen molar-refractivity contribution in [1.29, 1.82) is 5.26 Å². The average Bonchev–Trinajstić information content (AvgIpc) is 2.94. The number of halogens is 2. The van der Waals surface area contributed by atoms with Crippen molar-refractivity contribution in [2.45, 2.75) is 12.3 Å². The van der Waals surface area contributed by atoms with E-state index in [4.69, 9.17) is 21.1 Å². The summed E-state index contributed by atoms with van der Waals surface area (Å²) >= 11 is 6.02. The van der Waals surface area contributed by atoms with Crippen molar-refractivity contribution >= 4 is 11.6 Å². The van der Waals surface area contributed by atoms with Crippen molar-refractivity contribution in [3.05, 3.63) is 58.4 Å². The number of benzene rings is 2. The highest BCUT2D eigenvalue weighted by Crippen LogP contribution is 2.36. The first-order valence-corrected chi connectivity index (χ1v) is 6.79. The summed E-state index contributed by atoms with van der Waals surface area (Å²) in [5, 5.41) is 9.71. The molecule has 3 nitrogen and oxygen atoms in total. The zero-order valence-corrected chi connectivity index (χ0v) is 11.7. The Morgan fingerprint density at radius 2 is 2.05 bits per heavy atom. The predicted molar refractivity (Wildman–Crippen MR) is 76.0 cm³/mol. The van der Waals surface area contributed by atoms with Crippen molar-refractivity contribution < 1.29 is 13.9 Å². The zero-order valence-electron chi connectivity index (χ0n) is 11.0. The number of rotatable bonds is 3. The average molecular weight is 304 g/mol. The molecule has 0 radical (unpaired) electrons. The fourth-order valence-corrected chi connectivity index (χ4v) is 2.54. The lowest BCUT2D eigenvalue weighted by Crippen LogP contribution is -2.03. The van der Waals surface area contributed by atoms with Crippen LogP contribution in [-0.4, -0.2) is 6.79 Å². The molecule has 1 heterocycles. The molecule has 1 unspecified atom stereocenters. The summed E-state index contributed by atoms with van der Waals surface area (Å²) in [5.74, 6) is 0.351. The van der Waals surface area contributed by atoms with Gasteiger partial charge in [-0.05, 0) is 36.2 Å². The summed E-state index contributed by atoms with van der Waals surface area (Å²) in [4.78, 5) is 0. The second kappa shape index (κ2) is 5.63. The molecule has 3 rings (SSSR count). The summed E-state index contributed by atoms with van der Waals surface area (Å²) in [6.07, 6.45) is 0.210. The minimum Gasteiger partial charge on any atom is -0.454 e. The first-order valence-electron chi connectivity index (χ1n) is 6.41. The van der Waals surface area contributed by atoms with Crippen LogP contribution in [-0.2, 0) is 6.42 Å². The molecule has 0 aromatic heterocycles. The topological polar surface area (TPSA) is 42.2 Å². The van der Waals surface area contributed by atoms with E-state index in [-0.39, 0.29) is 13.2 Å². The van der Waals surface area contributed by atoms with Gasteiger partial charge in [0.25, 0.3) is 0 Å². The molecule has 1 atom stereocenters. The Kier molecular flexibility index (Phi) is 3.68. The van der Waals surface area contributed by atoms with Crippen LogP contribution in [0.3, 0.4) is 0 Å². The number of hydrogen-bond donors (Lipinski definition) is 0. The Labute approximate surface area is 126 Å². The molecule has 1 aliphatic heterocycles. The molecule has 0 saturated heterocycles. The lowest BCUT2D eigenvalue weighted by Gasteiger charge is -2.12. The highest BCUT2D eigenvalue weighted by Gasteiger charge is 2.20. The van der Waals surface area contributed by atoms with E-state index in [0.29, 0.717) is 22.1 Å². The van der Waals surface area contributed by atoms with Gasteiger partial charge in [0, 0.05) is 10.6 Å². The number of fused-ring (bicyclic) bond motifs is 1. The van der Waals surface area contributed by atoms with Gasteiger partial charge in [-0.1, -0.05) is 23.7 Å². The van der Waals surface area contributed by atoms with Gasteiger partial charge in [-0.15, -0.1) is 0 Å².